The molecule has 2 N–H and O–H groups in total. The first-order chi connectivity index (χ1) is 14.0. The fourth-order valence-corrected chi connectivity index (χ4v) is 4.11. The maximum absolute atomic E-state index is 12.8. The molecule has 1 atom stereocenters. The number of hydrogen-bond donors (Lipinski definition) is 1. The van der Waals surface area contributed by atoms with Crippen LogP contribution in [0.2, 0.25) is 0 Å². The van der Waals surface area contributed by atoms with Gasteiger partial charge in [0.15, 0.2) is 0 Å². The third-order valence-electron chi connectivity index (χ3n) is 5.93. The van der Waals surface area contributed by atoms with Gasteiger partial charge in [-0.2, -0.15) is 0 Å². The number of rotatable bonds is 4. The minimum absolute atomic E-state index is 0.0479. The molecule has 0 saturated carbocycles. The number of para-hydroxylation sites is 1. The van der Waals surface area contributed by atoms with Crippen LogP contribution in [0, 0.1) is 6.92 Å². The molecule has 2 heterocycles. The van der Waals surface area contributed by atoms with Crippen LogP contribution in [-0.4, -0.2) is 60.9 Å². The molecule has 2 amide bonds. The summed E-state index contributed by atoms with van der Waals surface area (Å²) < 4.78 is 0. The standard InChI is InChI=1S/C23H28N4O2/c1-17-6-8-19(9-7-17)22(24)23(29)26-14-12-25(13-15-26)16-21(28)27-11-10-18-4-2-3-5-20(18)27/h2-9,22H,10-16,24H2,1H3. The summed E-state index contributed by atoms with van der Waals surface area (Å²) in [5.41, 5.74) is 10.5. The maximum atomic E-state index is 12.8. The van der Waals surface area contributed by atoms with Crippen molar-refractivity contribution >= 4 is 17.5 Å². The number of anilines is 1. The highest BCUT2D eigenvalue weighted by Gasteiger charge is 2.29. The first-order valence-electron chi connectivity index (χ1n) is 10.2. The van der Waals surface area contributed by atoms with Crippen LogP contribution in [0.5, 0.6) is 0 Å². The molecule has 2 aliphatic heterocycles. The van der Waals surface area contributed by atoms with Crippen molar-refractivity contribution in [1.82, 2.24) is 9.80 Å². The van der Waals surface area contributed by atoms with Crippen molar-refractivity contribution in [3.05, 3.63) is 65.2 Å². The van der Waals surface area contributed by atoms with Crippen LogP contribution >= 0.6 is 0 Å². The molecule has 1 fully saturated rings. The predicted molar refractivity (Wildman–Crippen MR) is 114 cm³/mol. The minimum atomic E-state index is -0.634. The number of carbonyl (C=O) groups excluding carboxylic acids is 2. The molecular formula is C23H28N4O2. The van der Waals surface area contributed by atoms with Crippen LogP contribution in [0.1, 0.15) is 22.7 Å². The van der Waals surface area contributed by atoms with Crippen LogP contribution in [0.25, 0.3) is 0 Å². The number of nitrogens with zero attached hydrogens (tertiary/aromatic N) is 3. The fraction of sp³-hybridized carbons (Fsp3) is 0.391. The van der Waals surface area contributed by atoms with Crippen molar-refractivity contribution in [3.8, 4) is 0 Å². The SMILES string of the molecule is Cc1ccc(C(N)C(=O)N2CCN(CC(=O)N3CCc4ccccc43)CC2)cc1. The summed E-state index contributed by atoms with van der Waals surface area (Å²) in [6.45, 7) is 5.73. The van der Waals surface area contributed by atoms with Crippen LogP contribution in [0.15, 0.2) is 48.5 Å². The molecule has 6 nitrogen and oxygen atoms in total. The zero-order chi connectivity index (χ0) is 20.4. The molecule has 2 aliphatic rings. The second-order valence-electron chi connectivity index (χ2n) is 7.91. The zero-order valence-electron chi connectivity index (χ0n) is 16.9. The van der Waals surface area contributed by atoms with E-state index in [0.29, 0.717) is 32.7 Å². The lowest BCUT2D eigenvalue weighted by Crippen LogP contribution is -2.53. The Morgan fingerprint density at radius 3 is 2.38 bits per heavy atom. The summed E-state index contributed by atoms with van der Waals surface area (Å²) in [6, 6.07) is 15.3. The Labute approximate surface area is 171 Å². The van der Waals surface area contributed by atoms with Crippen LogP contribution < -0.4 is 10.6 Å². The molecule has 0 radical (unpaired) electrons. The number of benzene rings is 2. The minimum Gasteiger partial charge on any atom is -0.338 e. The van der Waals surface area contributed by atoms with E-state index in [0.717, 1.165) is 29.8 Å². The largest absolute Gasteiger partial charge is 0.338 e. The monoisotopic (exact) mass is 392 g/mol. The molecule has 1 unspecified atom stereocenters. The van der Waals surface area contributed by atoms with Gasteiger partial charge in [0, 0.05) is 38.4 Å². The summed E-state index contributed by atoms with van der Waals surface area (Å²) in [4.78, 5) is 31.4. The zero-order valence-corrected chi connectivity index (χ0v) is 16.9. The molecule has 29 heavy (non-hydrogen) atoms. The Morgan fingerprint density at radius 2 is 1.66 bits per heavy atom. The van der Waals surface area contributed by atoms with Gasteiger partial charge in [-0.15, -0.1) is 0 Å². The van der Waals surface area contributed by atoms with Gasteiger partial charge in [-0.1, -0.05) is 48.0 Å². The second kappa shape index (κ2) is 8.35. The molecule has 0 spiro atoms. The van der Waals surface area contributed by atoms with E-state index in [1.165, 1.54) is 5.56 Å². The number of nitrogens with two attached hydrogens (primary N) is 1. The fourth-order valence-electron chi connectivity index (χ4n) is 4.11. The van der Waals surface area contributed by atoms with E-state index in [4.69, 9.17) is 5.73 Å². The number of fused-ring (bicyclic) bond motifs is 1. The van der Waals surface area contributed by atoms with Crippen LogP contribution in [0.4, 0.5) is 5.69 Å². The first-order valence-corrected chi connectivity index (χ1v) is 10.2. The summed E-state index contributed by atoms with van der Waals surface area (Å²) >= 11 is 0. The Bertz CT molecular complexity index is 888. The van der Waals surface area contributed by atoms with E-state index >= 15 is 0 Å². The Hall–Kier alpha value is -2.70. The predicted octanol–water partition coefficient (Wildman–Crippen LogP) is 1.73. The molecule has 6 heteroatoms. The van der Waals surface area contributed by atoms with E-state index in [-0.39, 0.29) is 11.8 Å². The highest BCUT2D eigenvalue weighted by molar-refractivity contribution is 5.96. The van der Waals surface area contributed by atoms with Crippen molar-refractivity contribution < 1.29 is 9.59 Å². The molecule has 0 aliphatic carbocycles. The molecular weight excluding hydrogens is 364 g/mol. The molecule has 1 saturated heterocycles. The van der Waals surface area contributed by atoms with Gasteiger partial charge < -0.3 is 15.5 Å². The first kappa shape index (κ1) is 19.6. The van der Waals surface area contributed by atoms with E-state index in [9.17, 15) is 9.59 Å². The Kier molecular flexibility index (Phi) is 5.65. The maximum Gasteiger partial charge on any atom is 0.244 e. The molecule has 4 rings (SSSR count). The quantitative estimate of drug-likeness (QED) is 0.860. The normalized spacial score (nSPS) is 17.9. The second-order valence-corrected chi connectivity index (χ2v) is 7.91. The van der Waals surface area contributed by atoms with Crippen molar-refractivity contribution in [2.24, 2.45) is 5.73 Å². The van der Waals surface area contributed by atoms with Gasteiger partial charge >= 0.3 is 0 Å². The molecule has 2 aromatic rings. The van der Waals surface area contributed by atoms with Gasteiger partial charge in [-0.05, 0) is 30.5 Å². The van der Waals surface area contributed by atoms with Crippen molar-refractivity contribution in [2.75, 3.05) is 44.2 Å². The lowest BCUT2D eigenvalue weighted by atomic mass is 10.0. The highest BCUT2D eigenvalue weighted by Crippen LogP contribution is 2.27. The van der Waals surface area contributed by atoms with Gasteiger partial charge in [-0.3, -0.25) is 14.5 Å². The van der Waals surface area contributed by atoms with E-state index in [2.05, 4.69) is 11.0 Å². The third kappa shape index (κ3) is 4.18. The number of hydrogen-bond acceptors (Lipinski definition) is 4. The summed E-state index contributed by atoms with van der Waals surface area (Å²) in [7, 11) is 0. The number of carbonyl (C=O) groups is 2. The summed E-state index contributed by atoms with van der Waals surface area (Å²) in [5.74, 6) is 0.0828. The van der Waals surface area contributed by atoms with Crippen molar-refractivity contribution in [1.29, 1.82) is 0 Å². The van der Waals surface area contributed by atoms with E-state index in [1.807, 2.05) is 59.2 Å². The Morgan fingerprint density at radius 1 is 0.966 bits per heavy atom. The lowest BCUT2D eigenvalue weighted by Gasteiger charge is -2.36. The topological polar surface area (TPSA) is 69.9 Å². The van der Waals surface area contributed by atoms with Gasteiger partial charge in [0.05, 0.1) is 6.54 Å². The van der Waals surface area contributed by atoms with Crippen molar-refractivity contribution in [2.45, 2.75) is 19.4 Å². The summed E-state index contributed by atoms with van der Waals surface area (Å²) in [6.07, 6.45) is 0.918. The van der Waals surface area contributed by atoms with Crippen LogP contribution in [-0.2, 0) is 16.0 Å². The van der Waals surface area contributed by atoms with Crippen LogP contribution in [0.3, 0.4) is 0 Å². The molecule has 0 aromatic heterocycles. The summed E-state index contributed by atoms with van der Waals surface area (Å²) in [5, 5.41) is 0. The Balaban J connectivity index is 1.30. The van der Waals surface area contributed by atoms with Gasteiger partial charge in [-0.25, -0.2) is 0 Å². The van der Waals surface area contributed by atoms with Crippen molar-refractivity contribution in [3.63, 3.8) is 0 Å². The lowest BCUT2D eigenvalue weighted by molar-refractivity contribution is -0.134. The number of aryl methyl sites for hydroxylation is 1. The van der Waals surface area contributed by atoms with Gasteiger partial charge in [0.1, 0.15) is 6.04 Å². The number of amides is 2. The molecule has 0 bridgehead atoms. The average molecular weight is 393 g/mol. The smallest absolute Gasteiger partial charge is 0.244 e. The number of piperazine rings is 1. The van der Waals surface area contributed by atoms with E-state index < -0.39 is 6.04 Å². The third-order valence-corrected chi connectivity index (χ3v) is 5.93. The van der Waals surface area contributed by atoms with Gasteiger partial charge in [0.25, 0.3) is 0 Å². The molecule has 152 valence electrons. The van der Waals surface area contributed by atoms with E-state index in [1.54, 1.807) is 0 Å². The highest BCUT2D eigenvalue weighted by atomic mass is 16.2. The average Bonchev–Trinajstić information content (AvgIpc) is 3.18. The van der Waals surface area contributed by atoms with Gasteiger partial charge in [0.2, 0.25) is 11.8 Å². The molecule has 2 aromatic carbocycles.